The molecule has 1 aromatic heterocycles. The summed E-state index contributed by atoms with van der Waals surface area (Å²) in [7, 11) is -1.41. The van der Waals surface area contributed by atoms with Crippen LogP contribution in [0.1, 0.15) is 75.7 Å². The molecule has 2 N–H and O–H groups in total. The van der Waals surface area contributed by atoms with E-state index in [9.17, 15) is 18.6 Å². The number of benzene rings is 1. The van der Waals surface area contributed by atoms with Gasteiger partial charge in [-0.2, -0.15) is 0 Å². The fourth-order valence-corrected chi connectivity index (χ4v) is 4.75. The smallest absolute Gasteiger partial charge is 0.412 e. The molecule has 1 amide bonds. The van der Waals surface area contributed by atoms with Crippen molar-refractivity contribution in [3.63, 3.8) is 0 Å². The van der Waals surface area contributed by atoms with Crippen molar-refractivity contribution >= 4 is 34.4 Å². The van der Waals surface area contributed by atoms with E-state index >= 15 is 0 Å². The van der Waals surface area contributed by atoms with Crippen molar-refractivity contribution in [2.75, 3.05) is 16.4 Å². The van der Waals surface area contributed by atoms with E-state index in [4.69, 9.17) is 9.57 Å². The molecule has 216 valence electrons. The summed E-state index contributed by atoms with van der Waals surface area (Å²) in [5, 5.41) is 5.64. The first-order chi connectivity index (χ1) is 17.8. The summed E-state index contributed by atoms with van der Waals surface area (Å²) < 4.78 is 19.4. The second-order valence-electron chi connectivity index (χ2n) is 12.4. The summed E-state index contributed by atoms with van der Waals surface area (Å²) in [5.74, 6) is -0.0439. The minimum Gasteiger partial charge on any atom is -0.444 e. The van der Waals surface area contributed by atoms with E-state index in [0.717, 1.165) is 4.73 Å². The zero-order valence-corrected chi connectivity index (χ0v) is 25.4. The van der Waals surface area contributed by atoms with Crippen LogP contribution in [0, 0.1) is 11.3 Å². The number of amides is 1. The molecule has 0 aliphatic heterocycles. The number of rotatable bonds is 9. The molecule has 1 atom stereocenters. The van der Waals surface area contributed by atoms with Crippen LogP contribution in [0.2, 0.25) is 0 Å². The van der Waals surface area contributed by atoms with Crippen LogP contribution >= 0.6 is 0 Å². The molecule has 0 aliphatic rings. The van der Waals surface area contributed by atoms with Gasteiger partial charge in [0, 0.05) is 27.9 Å². The highest BCUT2D eigenvalue weighted by molar-refractivity contribution is 7.85. The third kappa shape index (κ3) is 10.5. The van der Waals surface area contributed by atoms with E-state index in [1.807, 2.05) is 48.5 Å². The second-order valence-corrected chi connectivity index (χ2v) is 13.9. The topological polar surface area (TPSA) is 129 Å². The zero-order valence-electron chi connectivity index (χ0n) is 24.6. The molecule has 0 spiro atoms. The number of carbonyl (C=O) groups excluding carboxylic acids is 2. The molecule has 0 fully saturated rings. The monoisotopic (exact) mass is 562 g/mol. The Morgan fingerprint density at radius 1 is 1.05 bits per heavy atom. The maximum absolute atomic E-state index is 13.4. The van der Waals surface area contributed by atoms with Gasteiger partial charge < -0.3 is 14.9 Å². The Balaban J connectivity index is 2.70. The van der Waals surface area contributed by atoms with E-state index in [0.29, 0.717) is 21.9 Å². The Hall–Kier alpha value is -3.21. The fraction of sp³-hybridized carbons (Fsp3) is 0.571. The molecule has 0 radical (unpaired) electrons. The lowest BCUT2D eigenvalue weighted by Crippen LogP contribution is -2.36. The number of hydrogen-bond acceptors (Lipinski definition) is 8. The number of anilines is 2. The normalized spacial score (nSPS) is 12.8. The SMILES string of the molecule is CC(C)CS(=O)c1cc(NC(=O)OC(C)(C)C)cc(-c2cnc(NC(C)C)c(=O)n2OC(=O)CC(C)(C)C)c1. The first kappa shape index (κ1) is 32.0. The van der Waals surface area contributed by atoms with Crippen molar-refractivity contribution < 1.29 is 23.4 Å². The fourth-order valence-electron chi connectivity index (χ4n) is 3.43. The van der Waals surface area contributed by atoms with E-state index in [-0.39, 0.29) is 35.3 Å². The van der Waals surface area contributed by atoms with Crippen LogP contribution < -0.4 is 21.0 Å². The molecule has 0 bridgehead atoms. The van der Waals surface area contributed by atoms with Crippen molar-refractivity contribution in [2.45, 2.75) is 92.2 Å². The van der Waals surface area contributed by atoms with Gasteiger partial charge in [-0.15, -0.1) is 4.73 Å². The van der Waals surface area contributed by atoms with Crippen LogP contribution in [-0.4, -0.2) is 43.4 Å². The van der Waals surface area contributed by atoms with Crippen LogP contribution in [0.4, 0.5) is 16.3 Å². The van der Waals surface area contributed by atoms with Crippen LogP contribution in [0.15, 0.2) is 34.1 Å². The van der Waals surface area contributed by atoms with Crippen molar-refractivity contribution in [1.29, 1.82) is 0 Å². The van der Waals surface area contributed by atoms with Crippen LogP contribution in [0.3, 0.4) is 0 Å². The van der Waals surface area contributed by atoms with E-state index < -0.39 is 34.0 Å². The van der Waals surface area contributed by atoms with E-state index in [2.05, 4.69) is 15.6 Å². The largest absolute Gasteiger partial charge is 0.444 e. The maximum Gasteiger partial charge on any atom is 0.412 e. The van der Waals surface area contributed by atoms with Gasteiger partial charge in [0.1, 0.15) is 11.3 Å². The predicted molar refractivity (Wildman–Crippen MR) is 154 cm³/mol. The molecule has 11 heteroatoms. The van der Waals surface area contributed by atoms with Crippen LogP contribution in [0.25, 0.3) is 11.3 Å². The lowest BCUT2D eigenvalue weighted by atomic mass is 9.93. The first-order valence-electron chi connectivity index (χ1n) is 13.0. The molecule has 39 heavy (non-hydrogen) atoms. The highest BCUT2D eigenvalue weighted by atomic mass is 32.2. The molecule has 2 aromatic rings. The number of aromatic nitrogens is 2. The lowest BCUT2D eigenvalue weighted by Gasteiger charge is -2.21. The lowest BCUT2D eigenvalue weighted by molar-refractivity contribution is -0.146. The van der Waals surface area contributed by atoms with Gasteiger partial charge in [-0.05, 0) is 64.2 Å². The summed E-state index contributed by atoms with van der Waals surface area (Å²) in [6.45, 7) is 18.5. The Labute approximate surface area is 233 Å². The zero-order chi connectivity index (χ0) is 29.7. The molecule has 0 aliphatic carbocycles. The molecule has 1 aromatic carbocycles. The van der Waals surface area contributed by atoms with E-state index in [1.54, 1.807) is 39.0 Å². The molecular weight excluding hydrogens is 520 g/mol. The Morgan fingerprint density at radius 2 is 1.69 bits per heavy atom. The standard InChI is InChI=1S/C28H42N4O6S/c1-17(2)16-39(36)21-12-19(11-20(13-21)31-26(35)37-28(8,9)10)22-15-29-24(30-18(3)4)25(34)32(22)38-23(33)14-27(5,6)7/h11-13,15,17-18H,14,16H2,1-10H3,(H,29,30)(H,31,35). The summed E-state index contributed by atoms with van der Waals surface area (Å²) in [4.78, 5) is 49.0. The van der Waals surface area contributed by atoms with Gasteiger partial charge in [-0.25, -0.2) is 14.6 Å². The average molecular weight is 563 g/mol. The van der Waals surface area contributed by atoms with Gasteiger partial charge in [0.2, 0.25) is 0 Å². The predicted octanol–water partition coefficient (Wildman–Crippen LogP) is 5.23. The molecule has 1 heterocycles. The van der Waals surface area contributed by atoms with Gasteiger partial charge in [-0.1, -0.05) is 34.6 Å². The quantitative estimate of drug-likeness (QED) is 0.425. The van der Waals surface area contributed by atoms with Crippen molar-refractivity contribution in [2.24, 2.45) is 11.3 Å². The minimum atomic E-state index is -1.41. The Bertz CT molecular complexity index is 1270. The second kappa shape index (κ2) is 12.8. The Morgan fingerprint density at radius 3 is 2.23 bits per heavy atom. The van der Waals surface area contributed by atoms with Crippen molar-refractivity contribution in [3.05, 3.63) is 34.7 Å². The number of hydrogen-bond donors (Lipinski definition) is 2. The van der Waals surface area contributed by atoms with Crippen molar-refractivity contribution in [1.82, 2.24) is 9.71 Å². The Kier molecular flexibility index (Phi) is 10.5. The van der Waals surface area contributed by atoms with Crippen molar-refractivity contribution in [3.8, 4) is 11.3 Å². The first-order valence-corrected chi connectivity index (χ1v) is 14.3. The van der Waals surface area contributed by atoms with Gasteiger partial charge >= 0.3 is 17.6 Å². The van der Waals surface area contributed by atoms with Gasteiger partial charge in [0.05, 0.1) is 23.4 Å². The third-order valence-electron chi connectivity index (χ3n) is 4.81. The highest BCUT2D eigenvalue weighted by Gasteiger charge is 2.23. The number of carbonyl (C=O) groups is 2. The summed E-state index contributed by atoms with van der Waals surface area (Å²) in [6, 6.07) is 4.72. The van der Waals surface area contributed by atoms with Gasteiger partial charge in [0.15, 0.2) is 5.82 Å². The van der Waals surface area contributed by atoms with Gasteiger partial charge in [0.25, 0.3) is 0 Å². The molecule has 10 nitrogen and oxygen atoms in total. The average Bonchev–Trinajstić information content (AvgIpc) is 2.72. The summed E-state index contributed by atoms with van der Waals surface area (Å²) in [6.07, 6.45) is 0.778. The minimum absolute atomic E-state index is 0.0175. The van der Waals surface area contributed by atoms with E-state index in [1.165, 1.54) is 6.20 Å². The molecule has 0 saturated heterocycles. The highest BCUT2D eigenvalue weighted by Crippen LogP contribution is 2.27. The molecule has 0 saturated carbocycles. The number of nitrogens with one attached hydrogen (secondary N) is 2. The molecule has 1 unspecified atom stereocenters. The summed E-state index contributed by atoms with van der Waals surface area (Å²) >= 11 is 0. The number of nitrogens with zero attached hydrogens (tertiary/aromatic N) is 2. The van der Waals surface area contributed by atoms with Crippen LogP contribution in [-0.2, 0) is 20.3 Å². The van der Waals surface area contributed by atoms with Gasteiger partial charge in [-0.3, -0.25) is 14.3 Å². The summed E-state index contributed by atoms with van der Waals surface area (Å²) in [5.41, 5.74) is -0.912. The van der Waals surface area contributed by atoms with Crippen LogP contribution in [0.5, 0.6) is 0 Å². The maximum atomic E-state index is 13.4. The molecule has 2 rings (SSSR count). The third-order valence-corrected chi connectivity index (χ3v) is 6.54. The number of ether oxygens (including phenoxy) is 1. The molecular formula is C28H42N4O6S.